The van der Waals surface area contributed by atoms with Crippen molar-refractivity contribution in [3.8, 4) is 0 Å². The number of carbonyl (C=O) groups is 2. The Morgan fingerprint density at radius 3 is 3.00 bits per heavy atom. The molecule has 1 saturated heterocycles. The molecule has 2 heterocycles. The van der Waals surface area contributed by atoms with Gasteiger partial charge in [0.25, 0.3) is 0 Å². The summed E-state index contributed by atoms with van der Waals surface area (Å²) in [6, 6.07) is -0.288. The van der Waals surface area contributed by atoms with Gasteiger partial charge < -0.3 is 10.2 Å². The number of hydrogen-bond donors (Lipinski definition) is 1. The summed E-state index contributed by atoms with van der Waals surface area (Å²) in [5.74, 6) is 1.67. The number of carbonyl (C=O) groups excluding carboxylic acids is 2. The molecule has 20 heavy (non-hydrogen) atoms. The molecule has 0 spiro atoms. The van der Waals surface area contributed by atoms with Crippen molar-refractivity contribution in [1.82, 2.24) is 15.2 Å². The molecule has 5 nitrogen and oxygen atoms in total. The minimum atomic E-state index is -0.288. The highest BCUT2D eigenvalue weighted by atomic mass is 32.2. The zero-order valence-electron chi connectivity index (χ0n) is 11.1. The maximum Gasteiger partial charge on any atom is 0.243 e. The fraction of sp³-hybridized carbons (Fsp3) is 0.615. The Hall–Kier alpha value is -1.08. The monoisotopic (exact) mass is 311 g/mol. The van der Waals surface area contributed by atoms with E-state index in [1.54, 1.807) is 33.5 Å². The molecule has 1 N–H and O–H groups in total. The maximum atomic E-state index is 12.2. The largest absolute Gasteiger partial charge is 0.354 e. The molecule has 2 fully saturated rings. The number of thiazole rings is 1. The second-order valence-corrected chi connectivity index (χ2v) is 6.84. The Morgan fingerprint density at radius 2 is 2.30 bits per heavy atom. The molecule has 2 amide bonds. The summed E-state index contributed by atoms with van der Waals surface area (Å²) in [7, 11) is 0. The lowest BCUT2D eigenvalue weighted by Crippen LogP contribution is -2.48. The van der Waals surface area contributed by atoms with Gasteiger partial charge in [0.05, 0.1) is 17.1 Å². The molecule has 1 aliphatic heterocycles. The Kier molecular flexibility index (Phi) is 4.26. The van der Waals surface area contributed by atoms with Crippen LogP contribution in [0.15, 0.2) is 10.9 Å². The summed E-state index contributed by atoms with van der Waals surface area (Å²) < 4.78 is 0. The Morgan fingerprint density at radius 1 is 1.45 bits per heavy atom. The van der Waals surface area contributed by atoms with E-state index in [9.17, 15) is 9.59 Å². The quantitative estimate of drug-likeness (QED) is 0.885. The summed E-state index contributed by atoms with van der Waals surface area (Å²) in [6.07, 6.45) is 2.71. The highest BCUT2D eigenvalue weighted by Gasteiger charge is 2.41. The van der Waals surface area contributed by atoms with Crippen LogP contribution in [-0.4, -0.2) is 45.9 Å². The van der Waals surface area contributed by atoms with E-state index >= 15 is 0 Å². The van der Waals surface area contributed by atoms with Gasteiger partial charge in [0.15, 0.2) is 0 Å². The van der Waals surface area contributed by atoms with Gasteiger partial charge in [-0.05, 0) is 12.8 Å². The fourth-order valence-electron chi connectivity index (χ4n) is 2.23. The predicted molar refractivity (Wildman–Crippen MR) is 79.5 cm³/mol. The molecule has 1 atom stereocenters. The predicted octanol–water partition coefficient (Wildman–Crippen LogP) is 1.11. The van der Waals surface area contributed by atoms with Crippen molar-refractivity contribution in [3.63, 3.8) is 0 Å². The van der Waals surface area contributed by atoms with Crippen LogP contribution in [0, 0.1) is 5.92 Å². The van der Waals surface area contributed by atoms with E-state index in [1.807, 2.05) is 5.38 Å². The number of amides is 2. The second-order valence-electron chi connectivity index (χ2n) is 5.12. The van der Waals surface area contributed by atoms with E-state index in [0.717, 1.165) is 25.0 Å². The third kappa shape index (κ3) is 3.15. The van der Waals surface area contributed by atoms with Crippen LogP contribution in [0.3, 0.4) is 0 Å². The zero-order chi connectivity index (χ0) is 13.9. The molecule has 1 aromatic heterocycles. The zero-order valence-corrected chi connectivity index (χ0v) is 12.7. The minimum Gasteiger partial charge on any atom is -0.354 e. The van der Waals surface area contributed by atoms with E-state index in [2.05, 4.69) is 10.3 Å². The van der Waals surface area contributed by atoms with Gasteiger partial charge in [-0.15, -0.1) is 23.1 Å². The highest BCUT2D eigenvalue weighted by molar-refractivity contribution is 7.99. The van der Waals surface area contributed by atoms with E-state index < -0.39 is 0 Å². The Labute approximate surface area is 126 Å². The lowest BCUT2D eigenvalue weighted by Gasteiger charge is -2.23. The molecule has 2 aliphatic rings. The van der Waals surface area contributed by atoms with Gasteiger partial charge in [0, 0.05) is 30.0 Å². The van der Waals surface area contributed by atoms with Gasteiger partial charge >= 0.3 is 0 Å². The van der Waals surface area contributed by atoms with Crippen LogP contribution in [0.25, 0.3) is 0 Å². The van der Waals surface area contributed by atoms with Crippen LogP contribution < -0.4 is 5.32 Å². The Bertz CT molecular complexity index is 488. The normalized spacial score (nSPS) is 22.0. The lowest BCUT2D eigenvalue weighted by atomic mass is 10.2. The van der Waals surface area contributed by atoms with E-state index in [1.165, 1.54) is 0 Å². The van der Waals surface area contributed by atoms with Gasteiger partial charge in [-0.3, -0.25) is 9.59 Å². The molecule has 0 aromatic carbocycles. The number of nitrogens with zero attached hydrogens (tertiary/aromatic N) is 2. The number of nitrogens with one attached hydrogen (secondary N) is 1. The molecule has 0 radical (unpaired) electrons. The number of thioether (sulfide) groups is 1. The molecular formula is C13H17N3O2S2. The molecule has 0 unspecified atom stereocenters. The molecule has 1 aromatic rings. The Balaban J connectivity index is 1.49. The van der Waals surface area contributed by atoms with Gasteiger partial charge in [-0.2, -0.15) is 0 Å². The van der Waals surface area contributed by atoms with Crippen molar-refractivity contribution in [3.05, 3.63) is 16.6 Å². The molecule has 3 rings (SSSR count). The molecule has 108 valence electrons. The maximum absolute atomic E-state index is 12.2. The first-order valence-electron chi connectivity index (χ1n) is 6.78. The van der Waals surface area contributed by atoms with Crippen LogP contribution in [0.1, 0.15) is 18.5 Å². The number of aromatic nitrogens is 1. The summed E-state index contributed by atoms with van der Waals surface area (Å²) in [6.45, 7) is 0.579. The van der Waals surface area contributed by atoms with Crippen molar-refractivity contribution in [1.29, 1.82) is 0 Å². The first-order valence-corrected chi connectivity index (χ1v) is 8.88. The average molecular weight is 311 g/mol. The van der Waals surface area contributed by atoms with Gasteiger partial charge in [0.1, 0.15) is 6.04 Å². The first kappa shape index (κ1) is 13.9. The molecule has 1 saturated carbocycles. The summed E-state index contributed by atoms with van der Waals surface area (Å²) in [4.78, 5) is 30.2. The van der Waals surface area contributed by atoms with Crippen LogP contribution in [-0.2, 0) is 16.0 Å². The molecule has 0 bridgehead atoms. The standard InChI is InChI=1S/C13H17N3O2S2/c17-12(14-4-3-10-5-19-7-15-10)11-6-20-8-16(11)13(18)9-1-2-9/h5,7,9,11H,1-4,6,8H2,(H,14,17)/t11-/m1/s1. The van der Waals surface area contributed by atoms with E-state index in [-0.39, 0.29) is 23.8 Å². The fourth-order valence-corrected chi connectivity index (χ4v) is 3.99. The van der Waals surface area contributed by atoms with Crippen LogP contribution in [0.4, 0.5) is 0 Å². The summed E-state index contributed by atoms with van der Waals surface area (Å²) in [5, 5.41) is 4.91. The number of rotatable bonds is 5. The second kappa shape index (κ2) is 6.13. The van der Waals surface area contributed by atoms with Crippen molar-refractivity contribution < 1.29 is 9.59 Å². The topological polar surface area (TPSA) is 62.3 Å². The van der Waals surface area contributed by atoms with Crippen LogP contribution in [0.5, 0.6) is 0 Å². The SMILES string of the molecule is O=C(NCCc1cscn1)[C@H]1CSCN1C(=O)C1CC1. The molecule has 1 aliphatic carbocycles. The van der Waals surface area contributed by atoms with Crippen molar-refractivity contribution in [2.24, 2.45) is 5.92 Å². The first-order chi connectivity index (χ1) is 9.75. The van der Waals surface area contributed by atoms with Crippen molar-refractivity contribution in [2.45, 2.75) is 25.3 Å². The van der Waals surface area contributed by atoms with Crippen molar-refractivity contribution in [2.75, 3.05) is 18.2 Å². The lowest BCUT2D eigenvalue weighted by molar-refractivity contribution is -0.138. The number of hydrogen-bond acceptors (Lipinski definition) is 5. The summed E-state index contributed by atoms with van der Waals surface area (Å²) >= 11 is 3.22. The summed E-state index contributed by atoms with van der Waals surface area (Å²) in [5.41, 5.74) is 2.79. The van der Waals surface area contributed by atoms with Gasteiger partial charge in [0.2, 0.25) is 11.8 Å². The molecular weight excluding hydrogens is 294 g/mol. The van der Waals surface area contributed by atoms with Gasteiger partial charge in [-0.25, -0.2) is 4.98 Å². The van der Waals surface area contributed by atoms with Crippen LogP contribution >= 0.6 is 23.1 Å². The minimum absolute atomic E-state index is 0.0285. The highest BCUT2D eigenvalue weighted by Crippen LogP contribution is 2.34. The van der Waals surface area contributed by atoms with E-state index in [0.29, 0.717) is 18.2 Å². The average Bonchev–Trinajstić information content (AvgIpc) is 2.97. The van der Waals surface area contributed by atoms with Gasteiger partial charge in [-0.1, -0.05) is 0 Å². The van der Waals surface area contributed by atoms with E-state index in [4.69, 9.17) is 0 Å². The third-order valence-electron chi connectivity index (χ3n) is 3.56. The smallest absolute Gasteiger partial charge is 0.243 e. The van der Waals surface area contributed by atoms with Crippen molar-refractivity contribution >= 4 is 34.9 Å². The van der Waals surface area contributed by atoms with Crippen LogP contribution in [0.2, 0.25) is 0 Å². The molecule has 7 heteroatoms. The third-order valence-corrected chi connectivity index (χ3v) is 5.21.